The van der Waals surface area contributed by atoms with Gasteiger partial charge in [0.2, 0.25) is 0 Å². The summed E-state index contributed by atoms with van der Waals surface area (Å²) in [5.41, 5.74) is 3.00. The lowest BCUT2D eigenvalue weighted by Gasteiger charge is -2.15. The van der Waals surface area contributed by atoms with Gasteiger partial charge in [-0.25, -0.2) is 0 Å². The minimum absolute atomic E-state index is 0.242. The van der Waals surface area contributed by atoms with Crippen molar-refractivity contribution in [1.29, 1.82) is 0 Å². The van der Waals surface area contributed by atoms with Gasteiger partial charge in [-0.15, -0.1) is 0 Å². The molecule has 1 aliphatic rings. The summed E-state index contributed by atoms with van der Waals surface area (Å²) in [5, 5.41) is 3.18. The quantitative estimate of drug-likeness (QED) is 0.676. The molecule has 0 aromatic rings. The second-order valence-corrected chi connectivity index (χ2v) is 3.16. The largest absolute Gasteiger partial charge is 0.385 e. The average molecular weight is 165 g/mol. The lowest BCUT2D eigenvalue weighted by atomic mass is 9.97. The van der Waals surface area contributed by atoms with Crippen LogP contribution in [0.5, 0.6) is 0 Å². The topological polar surface area (TPSA) is 29.1 Å². The van der Waals surface area contributed by atoms with Crippen molar-refractivity contribution in [1.82, 2.24) is 5.32 Å². The van der Waals surface area contributed by atoms with E-state index >= 15 is 0 Å². The molecule has 0 spiro atoms. The molecule has 0 amide bonds. The minimum Gasteiger partial charge on any atom is -0.385 e. The van der Waals surface area contributed by atoms with Gasteiger partial charge in [-0.1, -0.05) is 5.57 Å². The van der Waals surface area contributed by atoms with E-state index < -0.39 is 0 Å². The zero-order valence-electron chi connectivity index (χ0n) is 7.90. The van der Waals surface area contributed by atoms with Gasteiger partial charge in [-0.2, -0.15) is 0 Å². The van der Waals surface area contributed by atoms with E-state index in [0.29, 0.717) is 6.42 Å². The Kier molecular flexibility index (Phi) is 2.69. The molecule has 1 rings (SSSR count). The third-order valence-corrected chi connectivity index (χ3v) is 2.02. The maximum atomic E-state index is 11.4. The van der Waals surface area contributed by atoms with Gasteiger partial charge in [0.25, 0.3) is 0 Å². The van der Waals surface area contributed by atoms with Gasteiger partial charge in [0, 0.05) is 24.2 Å². The fourth-order valence-corrected chi connectivity index (χ4v) is 1.32. The van der Waals surface area contributed by atoms with Crippen LogP contribution in [0.2, 0.25) is 0 Å². The number of nitrogens with one attached hydrogen (secondary N) is 1. The van der Waals surface area contributed by atoms with Crippen molar-refractivity contribution in [3.05, 3.63) is 22.9 Å². The molecule has 66 valence electrons. The molecular weight excluding hydrogens is 150 g/mol. The van der Waals surface area contributed by atoms with Crippen LogP contribution in [-0.4, -0.2) is 12.3 Å². The van der Waals surface area contributed by atoms with Crippen molar-refractivity contribution < 1.29 is 4.79 Å². The van der Waals surface area contributed by atoms with E-state index in [-0.39, 0.29) is 5.78 Å². The molecule has 0 bridgehead atoms. The Labute approximate surface area is 73.4 Å². The highest BCUT2D eigenvalue weighted by Crippen LogP contribution is 2.18. The van der Waals surface area contributed by atoms with Crippen LogP contribution in [0.3, 0.4) is 0 Å². The van der Waals surface area contributed by atoms with Crippen molar-refractivity contribution in [3.8, 4) is 0 Å². The van der Waals surface area contributed by atoms with Crippen molar-refractivity contribution in [2.24, 2.45) is 0 Å². The minimum atomic E-state index is 0.242. The van der Waals surface area contributed by atoms with Gasteiger partial charge in [0.05, 0.1) is 0 Å². The second-order valence-electron chi connectivity index (χ2n) is 3.16. The van der Waals surface area contributed by atoms with Crippen LogP contribution in [0.1, 0.15) is 27.2 Å². The number of carbonyl (C=O) groups is 1. The number of carbonyl (C=O) groups excluding carboxylic acids is 1. The number of likely N-dealkylation sites (N-methyl/N-ethyl adjacent to an activating group) is 1. The Morgan fingerprint density at radius 3 is 2.75 bits per heavy atom. The zero-order valence-corrected chi connectivity index (χ0v) is 7.90. The molecule has 0 aliphatic heterocycles. The number of hydrogen-bond donors (Lipinski definition) is 1. The molecule has 12 heavy (non-hydrogen) atoms. The molecule has 2 heteroatoms. The first kappa shape index (κ1) is 9.04. The predicted molar refractivity (Wildman–Crippen MR) is 49.8 cm³/mol. The fourth-order valence-electron chi connectivity index (χ4n) is 1.32. The molecule has 0 aromatic heterocycles. The van der Waals surface area contributed by atoms with Gasteiger partial charge >= 0.3 is 0 Å². The number of Topliss-reactive ketones (excluding diaryl/α,β-unsaturated/α-hetero) is 1. The SMILES string of the molecule is CCNC1=C(C)C(=O)CC(C)=C1. The molecule has 0 aromatic carbocycles. The zero-order chi connectivity index (χ0) is 9.14. The number of rotatable bonds is 2. The molecule has 0 heterocycles. The lowest BCUT2D eigenvalue weighted by molar-refractivity contribution is -0.115. The van der Waals surface area contributed by atoms with E-state index in [9.17, 15) is 4.79 Å². The van der Waals surface area contributed by atoms with Crippen molar-refractivity contribution in [2.45, 2.75) is 27.2 Å². The molecule has 0 radical (unpaired) electrons. The summed E-state index contributed by atoms with van der Waals surface area (Å²) in [5.74, 6) is 0.242. The van der Waals surface area contributed by atoms with E-state index in [4.69, 9.17) is 0 Å². The normalized spacial score (nSPS) is 17.9. The molecule has 0 saturated carbocycles. The van der Waals surface area contributed by atoms with Gasteiger partial charge in [0.15, 0.2) is 5.78 Å². The molecule has 0 fully saturated rings. The highest BCUT2D eigenvalue weighted by atomic mass is 16.1. The van der Waals surface area contributed by atoms with Crippen LogP contribution in [0.25, 0.3) is 0 Å². The predicted octanol–water partition coefficient (Wildman–Crippen LogP) is 1.79. The first-order valence-electron chi connectivity index (χ1n) is 4.30. The standard InChI is InChI=1S/C10H15NO/c1-4-11-9-5-7(2)6-10(12)8(9)3/h5,11H,4,6H2,1-3H3. The summed E-state index contributed by atoms with van der Waals surface area (Å²) in [4.78, 5) is 11.4. The van der Waals surface area contributed by atoms with Gasteiger partial charge in [0.1, 0.15) is 0 Å². The number of hydrogen-bond acceptors (Lipinski definition) is 2. The van der Waals surface area contributed by atoms with Crippen LogP contribution >= 0.6 is 0 Å². The molecule has 0 atom stereocenters. The maximum Gasteiger partial charge on any atom is 0.164 e. The van der Waals surface area contributed by atoms with Gasteiger partial charge in [-0.05, 0) is 26.8 Å². The van der Waals surface area contributed by atoms with E-state index in [0.717, 1.165) is 23.4 Å². The Morgan fingerprint density at radius 2 is 2.17 bits per heavy atom. The number of allylic oxidation sites excluding steroid dienone is 3. The summed E-state index contributed by atoms with van der Waals surface area (Å²) in [7, 11) is 0. The molecule has 1 N–H and O–H groups in total. The summed E-state index contributed by atoms with van der Waals surface area (Å²) < 4.78 is 0. The maximum absolute atomic E-state index is 11.4. The third-order valence-electron chi connectivity index (χ3n) is 2.02. The Bertz CT molecular complexity index is 261. The van der Waals surface area contributed by atoms with Crippen molar-refractivity contribution in [2.75, 3.05) is 6.54 Å². The van der Waals surface area contributed by atoms with E-state index in [1.165, 1.54) is 0 Å². The van der Waals surface area contributed by atoms with E-state index in [1.807, 2.05) is 20.8 Å². The lowest BCUT2D eigenvalue weighted by Crippen LogP contribution is -2.19. The van der Waals surface area contributed by atoms with Crippen LogP contribution in [0.15, 0.2) is 22.9 Å². The van der Waals surface area contributed by atoms with Gasteiger partial charge in [-0.3, -0.25) is 4.79 Å². The van der Waals surface area contributed by atoms with Crippen LogP contribution in [0.4, 0.5) is 0 Å². The Balaban J connectivity index is 2.91. The average Bonchev–Trinajstić information content (AvgIpc) is 2.00. The summed E-state index contributed by atoms with van der Waals surface area (Å²) in [6, 6.07) is 0. The molecule has 0 saturated heterocycles. The number of ketones is 1. The summed E-state index contributed by atoms with van der Waals surface area (Å²) >= 11 is 0. The van der Waals surface area contributed by atoms with Gasteiger partial charge < -0.3 is 5.32 Å². The fraction of sp³-hybridized carbons (Fsp3) is 0.500. The van der Waals surface area contributed by atoms with Crippen molar-refractivity contribution >= 4 is 5.78 Å². The second kappa shape index (κ2) is 3.57. The van der Waals surface area contributed by atoms with Crippen LogP contribution in [0, 0.1) is 0 Å². The van der Waals surface area contributed by atoms with Crippen molar-refractivity contribution in [3.63, 3.8) is 0 Å². The molecule has 2 nitrogen and oxygen atoms in total. The summed E-state index contributed by atoms with van der Waals surface area (Å²) in [6.07, 6.45) is 2.64. The van der Waals surface area contributed by atoms with E-state index in [2.05, 4.69) is 11.4 Å². The Hall–Kier alpha value is -1.05. The summed E-state index contributed by atoms with van der Waals surface area (Å²) in [6.45, 7) is 6.76. The smallest absolute Gasteiger partial charge is 0.164 e. The van der Waals surface area contributed by atoms with Crippen LogP contribution < -0.4 is 5.32 Å². The van der Waals surface area contributed by atoms with Crippen LogP contribution in [-0.2, 0) is 4.79 Å². The first-order valence-corrected chi connectivity index (χ1v) is 4.30. The molecule has 0 unspecified atom stereocenters. The molecular formula is C10H15NO. The monoisotopic (exact) mass is 165 g/mol. The highest BCUT2D eigenvalue weighted by Gasteiger charge is 2.14. The Morgan fingerprint density at radius 1 is 1.50 bits per heavy atom. The third kappa shape index (κ3) is 1.76. The first-order chi connectivity index (χ1) is 5.65. The highest BCUT2D eigenvalue weighted by molar-refractivity contribution is 5.98. The molecule has 1 aliphatic carbocycles. The van der Waals surface area contributed by atoms with E-state index in [1.54, 1.807) is 0 Å².